The van der Waals surface area contributed by atoms with Crippen LogP contribution in [0, 0.1) is 5.92 Å². The predicted octanol–water partition coefficient (Wildman–Crippen LogP) is 0.490. The summed E-state index contributed by atoms with van der Waals surface area (Å²) in [7, 11) is 0. The topological polar surface area (TPSA) is 108 Å². The Hall–Kier alpha value is -1.82. The van der Waals surface area contributed by atoms with Gasteiger partial charge in [0.2, 0.25) is 0 Å². The Morgan fingerprint density at radius 1 is 1.25 bits per heavy atom. The number of aliphatic hydroxyl groups excluding tert-OH is 1. The van der Waals surface area contributed by atoms with Crippen LogP contribution in [0.2, 0.25) is 0 Å². The van der Waals surface area contributed by atoms with Gasteiger partial charge in [-0.25, -0.2) is 0 Å². The largest absolute Gasteiger partial charge is 0.481 e. The van der Waals surface area contributed by atoms with Gasteiger partial charge in [-0.2, -0.15) is 0 Å². The third-order valence-corrected chi connectivity index (χ3v) is 2.09. The van der Waals surface area contributed by atoms with Gasteiger partial charge >= 0.3 is 11.9 Å². The molecule has 6 heteroatoms. The predicted molar refractivity (Wildman–Crippen MR) is 51.7 cm³/mol. The zero-order valence-electron chi connectivity index (χ0n) is 8.42. The zero-order valence-corrected chi connectivity index (χ0v) is 8.42. The minimum absolute atomic E-state index is 0.00162. The molecule has 3 N–H and O–H groups in total. The molecule has 88 valence electrons. The number of carboxylic acid groups (broad SMARTS) is 2. The number of furan rings is 1. The van der Waals surface area contributed by atoms with E-state index in [2.05, 4.69) is 0 Å². The van der Waals surface area contributed by atoms with Crippen molar-refractivity contribution in [2.24, 2.45) is 5.92 Å². The van der Waals surface area contributed by atoms with E-state index in [-0.39, 0.29) is 13.0 Å². The zero-order chi connectivity index (χ0) is 12.1. The van der Waals surface area contributed by atoms with E-state index in [0.29, 0.717) is 11.5 Å². The highest BCUT2D eigenvalue weighted by atomic mass is 16.4. The summed E-state index contributed by atoms with van der Waals surface area (Å²) in [5.41, 5.74) is 0. The fraction of sp³-hybridized carbons (Fsp3) is 0.400. The second-order valence-electron chi connectivity index (χ2n) is 3.36. The first-order valence-corrected chi connectivity index (χ1v) is 4.66. The molecular formula is C10H12O6. The van der Waals surface area contributed by atoms with Crippen LogP contribution >= 0.6 is 0 Å². The fourth-order valence-corrected chi connectivity index (χ4v) is 1.32. The van der Waals surface area contributed by atoms with Gasteiger partial charge in [-0.15, -0.1) is 0 Å². The van der Waals surface area contributed by atoms with Gasteiger partial charge in [0.1, 0.15) is 18.1 Å². The summed E-state index contributed by atoms with van der Waals surface area (Å²) in [6.45, 7) is -0.267. The van der Waals surface area contributed by atoms with Crippen LogP contribution in [0.3, 0.4) is 0 Å². The monoisotopic (exact) mass is 228 g/mol. The molecule has 1 unspecified atom stereocenters. The Morgan fingerprint density at radius 3 is 2.31 bits per heavy atom. The quantitative estimate of drug-likeness (QED) is 0.653. The van der Waals surface area contributed by atoms with E-state index in [9.17, 15) is 9.59 Å². The van der Waals surface area contributed by atoms with Gasteiger partial charge in [-0.05, 0) is 12.1 Å². The first kappa shape index (κ1) is 12.3. The van der Waals surface area contributed by atoms with Crippen molar-refractivity contribution in [3.8, 4) is 0 Å². The van der Waals surface area contributed by atoms with Crippen molar-refractivity contribution < 1.29 is 29.3 Å². The van der Waals surface area contributed by atoms with Crippen LogP contribution in [0.15, 0.2) is 16.5 Å². The fourth-order valence-electron chi connectivity index (χ4n) is 1.32. The lowest BCUT2D eigenvalue weighted by molar-refractivity contribution is -0.148. The average Bonchev–Trinajstić information content (AvgIpc) is 2.63. The van der Waals surface area contributed by atoms with Crippen LogP contribution in [0.5, 0.6) is 0 Å². The Bertz CT molecular complexity index is 380. The van der Waals surface area contributed by atoms with Crippen molar-refractivity contribution in [3.63, 3.8) is 0 Å². The maximum atomic E-state index is 10.8. The number of hydrogen-bond donors (Lipinski definition) is 3. The van der Waals surface area contributed by atoms with E-state index in [1.54, 1.807) is 0 Å². The molecule has 0 aliphatic rings. The normalized spacial score (nSPS) is 12.3. The highest BCUT2D eigenvalue weighted by Gasteiger charge is 2.22. The summed E-state index contributed by atoms with van der Waals surface area (Å²) in [5.74, 6) is -2.67. The van der Waals surface area contributed by atoms with Crippen molar-refractivity contribution in [1.82, 2.24) is 0 Å². The van der Waals surface area contributed by atoms with Gasteiger partial charge in [-0.1, -0.05) is 0 Å². The standard InChI is InChI=1S/C10H12O6/c11-5-8-2-1-7(16-8)3-6(10(14)15)4-9(12)13/h1-2,6,11H,3-5H2,(H,12,13)(H,14,15). The number of hydrogen-bond acceptors (Lipinski definition) is 4. The lowest BCUT2D eigenvalue weighted by Crippen LogP contribution is -2.19. The van der Waals surface area contributed by atoms with Gasteiger partial charge in [0.05, 0.1) is 12.3 Å². The van der Waals surface area contributed by atoms with Crippen LogP contribution in [-0.4, -0.2) is 27.3 Å². The first-order valence-electron chi connectivity index (χ1n) is 4.66. The summed E-state index contributed by atoms with van der Waals surface area (Å²) < 4.78 is 5.09. The number of carboxylic acids is 2. The van der Waals surface area contributed by atoms with E-state index in [4.69, 9.17) is 19.7 Å². The number of aliphatic hydroxyl groups is 1. The van der Waals surface area contributed by atoms with E-state index in [1.807, 2.05) is 0 Å². The molecule has 0 aromatic carbocycles. The van der Waals surface area contributed by atoms with Crippen LogP contribution in [-0.2, 0) is 22.6 Å². The van der Waals surface area contributed by atoms with Gasteiger partial charge < -0.3 is 19.7 Å². The van der Waals surface area contributed by atoms with E-state index in [1.165, 1.54) is 12.1 Å². The molecule has 0 amide bonds. The molecule has 1 aromatic heterocycles. The summed E-state index contributed by atoms with van der Waals surface area (Å²) in [4.78, 5) is 21.2. The number of carbonyl (C=O) groups is 2. The molecule has 1 atom stereocenters. The Kier molecular flexibility index (Phi) is 4.07. The molecule has 0 aliphatic carbocycles. The highest BCUT2D eigenvalue weighted by Crippen LogP contribution is 2.16. The molecule has 1 aromatic rings. The van der Waals surface area contributed by atoms with Crippen molar-refractivity contribution >= 4 is 11.9 Å². The van der Waals surface area contributed by atoms with E-state index in [0.717, 1.165) is 0 Å². The number of aliphatic carboxylic acids is 2. The molecular weight excluding hydrogens is 216 g/mol. The molecule has 16 heavy (non-hydrogen) atoms. The minimum atomic E-state index is -1.18. The number of rotatable bonds is 6. The molecule has 0 spiro atoms. The minimum Gasteiger partial charge on any atom is -0.481 e. The molecule has 1 heterocycles. The third kappa shape index (κ3) is 3.39. The lowest BCUT2D eigenvalue weighted by Gasteiger charge is -2.07. The summed E-state index contributed by atoms with van der Waals surface area (Å²) in [6.07, 6.45) is -0.452. The van der Waals surface area contributed by atoms with Crippen LogP contribution in [0.4, 0.5) is 0 Å². The second kappa shape index (κ2) is 5.32. The molecule has 0 bridgehead atoms. The van der Waals surface area contributed by atoms with Gasteiger partial charge in [0.15, 0.2) is 0 Å². The first-order chi connectivity index (χ1) is 7.52. The van der Waals surface area contributed by atoms with Gasteiger partial charge in [0.25, 0.3) is 0 Å². The highest BCUT2D eigenvalue weighted by molar-refractivity contribution is 5.77. The molecule has 0 aliphatic heterocycles. The summed E-state index contributed by atoms with van der Waals surface area (Å²) in [6, 6.07) is 3.05. The van der Waals surface area contributed by atoms with Crippen molar-refractivity contribution in [3.05, 3.63) is 23.7 Å². The van der Waals surface area contributed by atoms with E-state index >= 15 is 0 Å². The lowest BCUT2D eigenvalue weighted by atomic mass is 10.0. The van der Waals surface area contributed by atoms with Crippen molar-refractivity contribution in [2.75, 3.05) is 0 Å². The Balaban J connectivity index is 2.67. The van der Waals surface area contributed by atoms with Crippen LogP contribution in [0.25, 0.3) is 0 Å². The smallest absolute Gasteiger partial charge is 0.307 e. The molecule has 0 saturated heterocycles. The summed E-state index contributed by atoms with van der Waals surface area (Å²) >= 11 is 0. The SMILES string of the molecule is O=C(O)CC(Cc1ccc(CO)o1)C(=O)O. The van der Waals surface area contributed by atoms with Crippen molar-refractivity contribution in [1.29, 1.82) is 0 Å². The Morgan fingerprint density at radius 2 is 1.88 bits per heavy atom. The maximum absolute atomic E-state index is 10.8. The maximum Gasteiger partial charge on any atom is 0.307 e. The molecule has 1 rings (SSSR count). The third-order valence-electron chi connectivity index (χ3n) is 2.09. The van der Waals surface area contributed by atoms with Crippen LogP contribution < -0.4 is 0 Å². The van der Waals surface area contributed by atoms with Gasteiger partial charge in [0, 0.05) is 6.42 Å². The molecule has 0 fully saturated rings. The summed E-state index contributed by atoms with van der Waals surface area (Å²) in [5, 5.41) is 26.1. The molecule has 6 nitrogen and oxygen atoms in total. The molecule has 0 saturated carbocycles. The molecule has 0 radical (unpaired) electrons. The average molecular weight is 228 g/mol. The van der Waals surface area contributed by atoms with Crippen LogP contribution in [0.1, 0.15) is 17.9 Å². The Labute approximate surface area is 91.1 Å². The second-order valence-corrected chi connectivity index (χ2v) is 3.36. The van der Waals surface area contributed by atoms with Gasteiger partial charge in [-0.3, -0.25) is 9.59 Å². The van der Waals surface area contributed by atoms with E-state index < -0.39 is 24.3 Å². The van der Waals surface area contributed by atoms with Crippen molar-refractivity contribution in [2.45, 2.75) is 19.4 Å².